The molecule has 1 aliphatic rings. The maximum absolute atomic E-state index is 12.6. The van der Waals surface area contributed by atoms with Crippen molar-refractivity contribution in [2.45, 2.75) is 13.0 Å². The lowest BCUT2D eigenvalue weighted by Crippen LogP contribution is -2.38. The van der Waals surface area contributed by atoms with E-state index in [4.69, 9.17) is 23.2 Å². The molecule has 0 saturated heterocycles. The molecule has 122 valence electrons. The summed E-state index contributed by atoms with van der Waals surface area (Å²) in [4.78, 5) is 17.8. The number of carbonyl (C=O) groups is 1. The summed E-state index contributed by atoms with van der Waals surface area (Å²) in [5.74, 6) is 0. The Balaban J connectivity index is 1.55. The number of aromatic amines is 1. The highest BCUT2D eigenvalue weighted by atomic mass is 35.5. The van der Waals surface area contributed by atoms with E-state index < -0.39 is 0 Å². The fourth-order valence-corrected chi connectivity index (χ4v) is 3.41. The van der Waals surface area contributed by atoms with Crippen LogP contribution in [0, 0.1) is 0 Å². The number of hydrogen-bond acceptors (Lipinski definition) is 1. The molecule has 2 heterocycles. The smallest absolute Gasteiger partial charge is 0.322 e. The summed E-state index contributed by atoms with van der Waals surface area (Å²) >= 11 is 11.9. The van der Waals surface area contributed by atoms with Gasteiger partial charge in [-0.05, 0) is 24.3 Å². The average molecular weight is 360 g/mol. The number of nitrogens with one attached hydrogen (secondary N) is 2. The molecule has 0 fully saturated rings. The normalized spacial score (nSPS) is 13.8. The van der Waals surface area contributed by atoms with Gasteiger partial charge in [0.15, 0.2) is 0 Å². The third-order valence-corrected chi connectivity index (χ3v) is 5.08. The molecule has 3 aromatic rings. The van der Waals surface area contributed by atoms with E-state index in [0.717, 1.165) is 11.9 Å². The number of carbonyl (C=O) groups excluding carboxylic acids is 1. The van der Waals surface area contributed by atoms with Crippen LogP contribution in [0.15, 0.2) is 42.5 Å². The lowest BCUT2D eigenvalue weighted by Gasteiger charge is -2.27. The van der Waals surface area contributed by atoms with E-state index >= 15 is 0 Å². The number of halogens is 2. The molecule has 4 rings (SSSR count). The second-order valence-electron chi connectivity index (χ2n) is 5.86. The highest BCUT2D eigenvalue weighted by Crippen LogP contribution is 2.29. The molecule has 4 nitrogen and oxygen atoms in total. The van der Waals surface area contributed by atoms with Crippen LogP contribution in [-0.4, -0.2) is 22.5 Å². The second kappa shape index (κ2) is 6.04. The van der Waals surface area contributed by atoms with Crippen molar-refractivity contribution in [2.24, 2.45) is 0 Å². The minimum absolute atomic E-state index is 0.135. The van der Waals surface area contributed by atoms with Gasteiger partial charge in [-0.3, -0.25) is 0 Å². The first-order valence-corrected chi connectivity index (χ1v) is 8.47. The van der Waals surface area contributed by atoms with Gasteiger partial charge in [-0.1, -0.05) is 41.4 Å². The number of amides is 2. The molecular weight excluding hydrogens is 345 g/mol. The molecule has 0 radical (unpaired) electrons. The summed E-state index contributed by atoms with van der Waals surface area (Å²) in [7, 11) is 0. The van der Waals surface area contributed by atoms with Gasteiger partial charge in [0, 0.05) is 47.4 Å². The molecule has 2 amide bonds. The molecule has 2 aromatic carbocycles. The summed E-state index contributed by atoms with van der Waals surface area (Å²) in [5.41, 5.74) is 4.17. The van der Waals surface area contributed by atoms with Crippen molar-refractivity contribution >= 4 is 45.8 Å². The van der Waals surface area contributed by atoms with E-state index in [0.29, 0.717) is 28.8 Å². The fourth-order valence-electron chi connectivity index (χ4n) is 3.12. The van der Waals surface area contributed by atoms with Crippen molar-refractivity contribution in [3.8, 4) is 0 Å². The summed E-state index contributed by atoms with van der Waals surface area (Å²) in [6.45, 7) is 1.26. The maximum Gasteiger partial charge on any atom is 0.322 e. The Bertz CT molecular complexity index is 935. The first-order valence-electron chi connectivity index (χ1n) is 7.71. The van der Waals surface area contributed by atoms with E-state index in [1.54, 1.807) is 18.2 Å². The topological polar surface area (TPSA) is 48.1 Å². The van der Waals surface area contributed by atoms with Gasteiger partial charge in [-0.15, -0.1) is 0 Å². The van der Waals surface area contributed by atoms with E-state index in [1.165, 1.54) is 16.6 Å². The van der Waals surface area contributed by atoms with Crippen LogP contribution in [0.2, 0.25) is 10.0 Å². The number of fused-ring (bicyclic) bond motifs is 3. The van der Waals surface area contributed by atoms with Crippen LogP contribution in [0.4, 0.5) is 10.5 Å². The number of rotatable bonds is 1. The first-order chi connectivity index (χ1) is 11.6. The second-order valence-corrected chi connectivity index (χ2v) is 6.67. The molecule has 0 atom stereocenters. The van der Waals surface area contributed by atoms with Gasteiger partial charge in [0.1, 0.15) is 0 Å². The summed E-state index contributed by atoms with van der Waals surface area (Å²) in [5, 5.41) is 4.96. The van der Waals surface area contributed by atoms with Crippen molar-refractivity contribution in [2.75, 3.05) is 11.9 Å². The highest BCUT2D eigenvalue weighted by Gasteiger charge is 2.24. The van der Waals surface area contributed by atoms with Crippen LogP contribution in [0.25, 0.3) is 10.9 Å². The Kier molecular flexibility index (Phi) is 3.87. The van der Waals surface area contributed by atoms with Gasteiger partial charge in [-0.25, -0.2) is 4.79 Å². The van der Waals surface area contributed by atoms with Crippen molar-refractivity contribution in [3.63, 3.8) is 0 Å². The number of hydrogen-bond donors (Lipinski definition) is 2. The summed E-state index contributed by atoms with van der Waals surface area (Å²) < 4.78 is 0. The van der Waals surface area contributed by atoms with Crippen molar-refractivity contribution in [1.82, 2.24) is 9.88 Å². The van der Waals surface area contributed by atoms with Crippen molar-refractivity contribution in [1.29, 1.82) is 0 Å². The Morgan fingerprint density at radius 2 is 1.96 bits per heavy atom. The number of benzene rings is 2. The molecular formula is C18H15Cl2N3O. The zero-order valence-corrected chi connectivity index (χ0v) is 14.3. The predicted molar refractivity (Wildman–Crippen MR) is 97.9 cm³/mol. The SMILES string of the molecule is O=C(Nc1ccc(Cl)c(Cl)c1)N1CCc2[nH]c3ccccc3c2C1. The molecule has 1 aromatic heterocycles. The van der Waals surface area contributed by atoms with Crippen molar-refractivity contribution in [3.05, 3.63) is 63.8 Å². The van der Waals surface area contributed by atoms with Gasteiger partial charge in [0.2, 0.25) is 0 Å². The largest absolute Gasteiger partial charge is 0.358 e. The predicted octanol–water partition coefficient (Wildman–Crippen LogP) is 5.06. The lowest BCUT2D eigenvalue weighted by molar-refractivity contribution is 0.206. The summed E-state index contributed by atoms with van der Waals surface area (Å²) in [6, 6.07) is 13.1. The van der Waals surface area contributed by atoms with Gasteiger partial charge in [0.05, 0.1) is 10.0 Å². The minimum atomic E-state index is -0.135. The number of aromatic nitrogens is 1. The first kappa shape index (κ1) is 15.4. The molecule has 6 heteroatoms. The van der Waals surface area contributed by atoms with Crippen LogP contribution >= 0.6 is 23.2 Å². The highest BCUT2D eigenvalue weighted by molar-refractivity contribution is 6.42. The molecule has 2 N–H and O–H groups in total. The molecule has 0 spiro atoms. The van der Waals surface area contributed by atoms with Gasteiger partial charge in [-0.2, -0.15) is 0 Å². The number of nitrogens with zero attached hydrogens (tertiary/aromatic N) is 1. The number of urea groups is 1. The minimum Gasteiger partial charge on any atom is -0.358 e. The van der Waals surface area contributed by atoms with Crippen LogP contribution in [0.1, 0.15) is 11.3 Å². The van der Waals surface area contributed by atoms with Crippen LogP contribution < -0.4 is 5.32 Å². The van der Waals surface area contributed by atoms with Gasteiger partial charge in [0.25, 0.3) is 0 Å². The maximum atomic E-state index is 12.6. The van der Waals surface area contributed by atoms with E-state index in [-0.39, 0.29) is 6.03 Å². The number of anilines is 1. The molecule has 1 aliphatic heterocycles. The van der Waals surface area contributed by atoms with Crippen molar-refractivity contribution < 1.29 is 4.79 Å². The Morgan fingerprint density at radius 3 is 2.79 bits per heavy atom. The van der Waals surface area contributed by atoms with Gasteiger partial charge >= 0.3 is 6.03 Å². The third kappa shape index (κ3) is 2.72. The summed E-state index contributed by atoms with van der Waals surface area (Å²) in [6.07, 6.45) is 0.818. The van der Waals surface area contributed by atoms with E-state index in [2.05, 4.69) is 22.4 Å². The fraction of sp³-hybridized carbons (Fsp3) is 0.167. The molecule has 0 aliphatic carbocycles. The Morgan fingerprint density at radius 1 is 1.12 bits per heavy atom. The van der Waals surface area contributed by atoms with Crippen LogP contribution in [0.5, 0.6) is 0 Å². The molecule has 24 heavy (non-hydrogen) atoms. The third-order valence-electron chi connectivity index (χ3n) is 4.34. The zero-order valence-electron chi connectivity index (χ0n) is 12.8. The monoisotopic (exact) mass is 359 g/mol. The molecule has 0 bridgehead atoms. The quantitative estimate of drug-likeness (QED) is 0.626. The van der Waals surface area contributed by atoms with Crippen LogP contribution in [-0.2, 0) is 13.0 Å². The Hall–Kier alpha value is -2.17. The van der Waals surface area contributed by atoms with E-state index in [1.807, 2.05) is 17.0 Å². The number of para-hydroxylation sites is 1. The van der Waals surface area contributed by atoms with E-state index in [9.17, 15) is 4.79 Å². The molecule has 0 unspecified atom stereocenters. The molecule has 0 saturated carbocycles. The lowest BCUT2D eigenvalue weighted by atomic mass is 10.0. The zero-order chi connectivity index (χ0) is 16.7. The van der Waals surface area contributed by atoms with Gasteiger partial charge < -0.3 is 15.2 Å². The number of H-pyrrole nitrogens is 1. The van der Waals surface area contributed by atoms with Crippen LogP contribution in [0.3, 0.4) is 0 Å². The standard InChI is InChI=1S/C18H15Cl2N3O/c19-14-6-5-11(9-15(14)20)21-18(24)23-8-7-17-13(10-23)12-3-1-2-4-16(12)22-17/h1-6,9,22H,7-8,10H2,(H,21,24). The average Bonchev–Trinajstić information content (AvgIpc) is 2.96. The Labute approximate surface area is 149 Å².